The van der Waals surface area contributed by atoms with Crippen LogP contribution in [0, 0.1) is 0 Å². The molecule has 218 valence electrons. The zero-order valence-corrected chi connectivity index (χ0v) is 25.4. The molecule has 0 aliphatic carbocycles. The predicted molar refractivity (Wildman–Crippen MR) is 197 cm³/mol. The van der Waals surface area contributed by atoms with E-state index < -0.39 is 0 Å². The Labute approximate surface area is 272 Å². The van der Waals surface area contributed by atoms with Gasteiger partial charge in [-0.25, -0.2) is 9.97 Å². The van der Waals surface area contributed by atoms with Gasteiger partial charge in [0.2, 0.25) is 0 Å². The number of aromatic nitrogens is 2. The number of nitrogens with zero attached hydrogens (tertiary/aromatic N) is 3. The monoisotopic (exact) mass is 597 g/mol. The molecule has 1 aromatic heterocycles. The molecule has 0 N–H and O–H groups in total. The normalized spacial score (nSPS) is 12.2. The summed E-state index contributed by atoms with van der Waals surface area (Å²) in [6, 6.07) is 58.5. The fraction of sp³-hybridized carbons (Fsp3) is 0. The summed E-state index contributed by atoms with van der Waals surface area (Å²) in [4.78, 5) is 13.0. The van der Waals surface area contributed by atoms with E-state index in [0.29, 0.717) is 0 Å². The summed E-state index contributed by atoms with van der Waals surface area (Å²) in [5.74, 6) is 0. The van der Waals surface area contributed by atoms with Crippen LogP contribution in [-0.2, 0) is 0 Å². The van der Waals surface area contributed by atoms with Gasteiger partial charge in [-0.2, -0.15) is 0 Å². The lowest BCUT2D eigenvalue weighted by atomic mass is 9.88. The molecule has 9 aromatic rings. The summed E-state index contributed by atoms with van der Waals surface area (Å²) in [5.41, 5.74) is 11.6. The first-order chi connectivity index (χ1) is 23.3. The van der Waals surface area contributed by atoms with Gasteiger partial charge in [0.25, 0.3) is 0 Å². The highest BCUT2D eigenvalue weighted by atomic mass is 15.2. The molecule has 3 nitrogen and oxygen atoms in total. The Balaban J connectivity index is 1.24. The fourth-order valence-electron chi connectivity index (χ4n) is 7.37. The van der Waals surface area contributed by atoms with Crippen molar-refractivity contribution in [1.82, 2.24) is 9.97 Å². The molecule has 0 radical (unpaired) electrons. The van der Waals surface area contributed by atoms with Crippen molar-refractivity contribution in [3.8, 4) is 33.6 Å². The van der Waals surface area contributed by atoms with Crippen LogP contribution in [0.25, 0.3) is 77.0 Å². The van der Waals surface area contributed by atoms with Gasteiger partial charge in [0.15, 0.2) is 0 Å². The van der Waals surface area contributed by atoms with E-state index in [0.717, 1.165) is 39.2 Å². The molecule has 10 rings (SSSR count). The maximum atomic E-state index is 5.28. The smallest absolute Gasteiger partial charge is 0.0973 e. The fourth-order valence-corrected chi connectivity index (χ4v) is 7.37. The van der Waals surface area contributed by atoms with Gasteiger partial charge in [0.05, 0.1) is 33.8 Å². The van der Waals surface area contributed by atoms with Gasteiger partial charge in [-0.15, -0.1) is 0 Å². The maximum absolute atomic E-state index is 5.28. The van der Waals surface area contributed by atoms with Crippen molar-refractivity contribution >= 4 is 60.4 Å². The molecule has 0 bridgehead atoms. The van der Waals surface area contributed by atoms with Gasteiger partial charge in [0, 0.05) is 33.2 Å². The van der Waals surface area contributed by atoms with Gasteiger partial charge in [-0.1, -0.05) is 127 Å². The highest BCUT2D eigenvalue weighted by Gasteiger charge is 2.28. The van der Waals surface area contributed by atoms with Crippen LogP contribution in [0.1, 0.15) is 0 Å². The van der Waals surface area contributed by atoms with Crippen molar-refractivity contribution in [2.24, 2.45) is 0 Å². The van der Waals surface area contributed by atoms with Gasteiger partial charge < -0.3 is 4.90 Å². The first kappa shape index (κ1) is 26.0. The lowest BCUT2D eigenvalue weighted by molar-refractivity contribution is 1.28. The summed E-state index contributed by atoms with van der Waals surface area (Å²) in [6.07, 6.45) is 0. The number of hydrogen-bond donors (Lipinski definition) is 0. The molecule has 0 unspecified atom stereocenters. The summed E-state index contributed by atoms with van der Waals surface area (Å²) >= 11 is 0. The van der Waals surface area contributed by atoms with Crippen LogP contribution < -0.4 is 4.90 Å². The van der Waals surface area contributed by atoms with Crippen molar-refractivity contribution in [3.63, 3.8) is 0 Å². The second kappa shape index (κ2) is 10.1. The topological polar surface area (TPSA) is 29.0 Å². The number of benzene rings is 8. The second-order valence-corrected chi connectivity index (χ2v) is 12.2. The average Bonchev–Trinajstić information content (AvgIpc) is 3.14. The standard InChI is InChI=1S/C44H27N3/c1-2-12-31-26-33(23-22-28(31)10-1)43-42(45-38-19-5-6-20-39(38)46-43)32-15-7-16-34(27-32)47-40-21-9-14-30-13-8-18-36(41(30)40)37-25-24-29-11-3-4-17-35(29)44(37)47/h1-27H. The minimum atomic E-state index is 0.870. The van der Waals surface area contributed by atoms with Crippen LogP contribution in [0.5, 0.6) is 0 Å². The first-order valence-electron chi connectivity index (χ1n) is 16.0. The molecule has 0 amide bonds. The zero-order valence-electron chi connectivity index (χ0n) is 25.4. The third-order valence-corrected chi connectivity index (χ3v) is 9.51. The van der Waals surface area contributed by atoms with Crippen molar-refractivity contribution in [3.05, 3.63) is 164 Å². The highest BCUT2D eigenvalue weighted by molar-refractivity contribution is 6.18. The molecule has 2 heterocycles. The van der Waals surface area contributed by atoms with E-state index in [9.17, 15) is 0 Å². The first-order valence-corrected chi connectivity index (χ1v) is 16.0. The molecule has 0 spiro atoms. The van der Waals surface area contributed by atoms with E-state index in [1.54, 1.807) is 0 Å². The number of hydrogen-bond acceptors (Lipinski definition) is 3. The average molecular weight is 598 g/mol. The van der Waals surface area contributed by atoms with Gasteiger partial charge in [0.1, 0.15) is 0 Å². The molecule has 1 aliphatic heterocycles. The highest BCUT2D eigenvalue weighted by Crippen LogP contribution is 2.53. The van der Waals surface area contributed by atoms with Gasteiger partial charge in [-0.3, -0.25) is 0 Å². The second-order valence-electron chi connectivity index (χ2n) is 12.2. The number of para-hydroxylation sites is 2. The Morgan fingerprint density at radius 2 is 1.04 bits per heavy atom. The van der Waals surface area contributed by atoms with E-state index in [1.165, 1.54) is 54.8 Å². The Morgan fingerprint density at radius 1 is 0.404 bits per heavy atom. The molecular weight excluding hydrogens is 571 g/mol. The van der Waals surface area contributed by atoms with Gasteiger partial charge in [-0.05, 0) is 63.5 Å². The van der Waals surface area contributed by atoms with Crippen LogP contribution >= 0.6 is 0 Å². The zero-order chi connectivity index (χ0) is 30.9. The van der Waals surface area contributed by atoms with E-state index in [2.05, 4.69) is 144 Å². The summed E-state index contributed by atoms with van der Waals surface area (Å²) < 4.78 is 0. The van der Waals surface area contributed by atoms with Crippen molar-refractivity contribution in [2.45, 2.75) is 0 Å². The largest absolute Gasteiger partial charge is 0.309 e. The lowest BCUT2D eigenvalue weighted by Gasteiger charge is -2.34. The number of anilines is 3. The minimum absolute atomic E-state index is 0.870. The summed E-state index contributed by atoms with van der Waals surface area (Å²) in [7, 11) is 0. The van der Waals surface area contributed by atoms with Crippen LogP contribution in [0.15, 0.2) is 164 Å². The molecule has 0 atom stereocenters. The van der Waals surface area contributed by atoms with E-state index in [1.807, 2.05) is 24.3 Å². The Bertz CT molecular complexity index is 2700. The van der Waals surface area contributed by atoms with Crippen LogP contribution in [0.4, 0.5) is 17.1 Å². The molecule has 0 saturated carbocycles. The van der Waals surface area contributed by atoms with Crippen molar-refractivity contribution in [1.29, 1.82) is 0 Å². The van der Waals surface area contributed by atoms with Gasteiger partial charge >= 0.3 is 0 Å². The Hall–Kier alpha value is -6.32. The number of rotatable bonds is 3. The van der Waals surface area contributed by atoms with Crippen LogP contribution in [-0.4, -0.2) is 9.97 Å². The molecule has 3 heteroatoms. The molecule has 8 aromatic carbocycles. The quantitative estimate of drug-likeness (QED) is 0.203. The summed E-state index contributed by atoms with van der Waals surface area (Å²) in [5, 5.41) is 7.34. The van der Waals surface area contributed by atoms with E-state index in [-0.39, 0.29) is 0 Å². The minimum Gasteiger partial charge on any atom is -0.309 e. The third-order valence-electron chi connectivity index (χ3n) is 9.51. The molecule has 1 aliphatic rings. The number of fused-ring (bicyclic) bond motifs is 6. The Kier molecular flexibility index (Phi) is 5.57. The Morgan fingerprint density at radius 3 is 1.87 bits per heavy atom. The molecule has 0 saturated heterocycles. The van der Waals surface area contributed by atoms with Crippen LogP contribution in [0.3, 0.4) is 0 Å². The van der Waals surface area contributed by atoms with Crippen molar-refractivity contribution in [2.75, 3.05) is 4.90 Å². The predicted octanol–water partition coefficient (Wildman–Crippen LogP) is 11.9. The molecular formula is C44H27N3. The summed E-state index contributed by atoms with van der Waals surface area (Å²) in [6.45, 7) is 0. The lowest BCUT2D eigenvalue weighted by Crippen LogP contribution is -2.15. The van der Waals surface area contributed by atoms with E-state index in [4.69, 9.17) is 9.97 Å². The third kappa shape index (κ3) is 4.00. The van der Waals surface area contributed by atoms with Crippen molar-refractivity contribution < 1.29 is 0 Å². The molecule has 47 heavy (non-hydrogen) atoms. The van der Waals surface area contributed by atoms with E-state index >= 15 is 0 Å². The molecule has 0 fully saturated rings. The van der Waals surface area contributed by atoms with Crippen LogP contribution in [0.2, 0.25) is 0 Å². The SMILES string of the molecule is c1cc(-c2nc3ccccc3nc2-c2ccc3ccccc3c2)cc(N2c3c(ccc4ccccc34)-c3cccc4cccc2c34)c1. The maximum Gasteiger partial charge on any atom is 0.0973 e.